The number of pyridine rings is 1. The molecule has 4 aliphatic carbocycles. The van der Waals surface area contributed by atoms with E-state index in [0.717, 1.165) is 44.2 Å². The van der Waals surface area contributed by atoms with Gasteiger partial charge in [-0.3, -0.25) is 14.6 Å². The van der Waals surface area contributed by atoms with E-state index in [2.05, 4.69) is 24.1 Å². The van der Waals surface area contributed by atoms with Crippen molar-refractivity contribution in [3.05, 3.63) is 41.7 Å². The molecule has 5 nitrogen and oxygen atoms in total. The Morgan fingerprint density at radius 3 is 2.71 bits per heavy atom. The van der Waals surface area contributed by atoms with Crippen LogP contribution in [0.5, 0.6) is 0 Å². The molecule has 0 aliphatic heterocycles. The Balaban J connectivity index is 1.37. The Morgan fingerprint density at radius 1 is 1.13 bits per heavy atom. The molecule has 3 saturated carbocycles. The van der Waals surface area contributed by atoms with Crippen molar-refractivity contribution < 1.29 is 14.7 Å². The van der Waals surface area contributed by atoms with Crippen LogP contribution in [0.1, 0.15) is 70.9 Å². The molecule has 0 saturated heterocycles. The smallest absolute Gasteiger partial charge is 0.252 e. The third-order valence-electron chi connectivity index (χ3n) is 9.65. The fourth-order valence-corrected chi connectivity index (χ4v) is 7.77. The third-order valence-corrected chi connectivity index (χ3v) is 9.65. The zero-order valence-electron chi connectivity index (χ0n) is 18.7. The first kappa shape index (κ1) is 20.9. The minimum absolute atomic E-state index is 0.111. The van der Waals surface area contributed by atoms with Crippen molar-refractivity contribution >= 4 is 11.7 Å². The molecule has 31 heavy (non-hydrogen) atoms. The Bertz CT molecular complexity index is 928. The molecule has 4 aliphatic rings. The average Bonchev–Trinajstić information content (AvgIpc) is 3.05. The molecule has 1 amide bonds. The number of carbonyl (C=O) groups is 2. The van der Waals surface area contributed by atoms with E-state index in [0.29, 0.717) is 37.1 Å². The molecule has 1 heterocycles. The number of nitrogens with one attached hydrogen (secondary N) is 1. The maximum absolute atomic E-state index is 13.3. The van der Waals surface area contributed by atoms with Gasteiger partial charge in [0.15, 0.2) is 5.78 Å². The molecule has 0 aromatic carbocycles. The highest BCUT2D eigenvalue weighted by Gasteiger charge is 2.66. The van der Waals surface area contributed by atoms with Gasteiger partial charge >= 0.3 is 0 Å². The zero-order chi connectivity index (χ0) is 21.9. The van der Waals surface area contributed by atoms with E-state index < -0.39 is 11.0 Å². The lowest BCUT2D eigenvalue weighted by Gasteiger charge is -2.58. The van der Waals surface area contributed by atoms with Gasteiger partial charge < -0.3 is 10.4 Å². The van der Waals surface area contributed by atoms with Gasteiger partial charge in [-0.2, -0.15) is 0 Å². The second-order valence-electron chi connectivity index (χ2n) is 10.8. The van der Waals surface area contributed by atoms with Gasteiger partial charge in [0.05, 0.1) is 12.2 Å². The molecule has 0 spiro atoms. The number of fused-ring (bicyclic) bond motifs is 5. The summed E-state index contributed by atoms with van der Waals surface area (Å²) in [7, 11) is 0. The van der Waals surface area contributed by atoms with E-state index in [1.54, 1.807) is 6.20 Å². The monoisotopic (exact) mass is 422 g/mol. The summed E-state index contributed by atoms with van der Waals surface area (Å²) in [5.41, 5.74) is 0.547. The molecule has 6 atom stereocenters. The molecule has 5 heteroatoms. The van der Waals surface area contributed by atoms with E-state index in [1.165, 1.54) is 5.57 Å². The summed E-state index contributed by atoms with van der Waals surface area (Å²) in [5.74, 6) is 1.47. The Morgan fingerprint density at radius 2 is 1.94 bits per heavy atom. The number of allylic oxidation sites excluding steroid dienone is 1. The summed E-state index contributed by atoms with van der Waals surface area (Å²) in [6, 6.07) is 5.65. The molecule has 1 aromatic heterocycles. The van der Waals surface area contributed by atoms with Crippen molar-refractivity contribution in [2.75, 3.05) is 0 Å². The molecule has 3 fully saturated rings. The quantitative estimate of drug-likeness (QED) is 0.773. The van der Waals surface area contributed by atoms with Gasteiger partial charge in [0, 0.05) is 18.0 Å². The van der Waals surface area contributed by atoms with Gasteiger partial charge in [0.2, 0.25) is 0 Å². The van der Waals surface area contributed by atoms with Crippen molar-refractivity contribution in [2.24, 2.45) is 28.6 Å². The lowest BCUT2D eigenvalue weighted by molar-refractivity contribution is -0.164. The second kappa shape index (κ2) is 7.26. The van der Waals surface area contributed by atoms with E-state index in [4.69, 9.17) is 0 Å². The van der Waals surface area contributed by atoms with Gasteiger partial charge in [0.1, 0.15) is 5.60 Å². The first-order chi connectivity index (χ1) is 14.8. The largest absolute Gasteiger partial charge is 0.379 e. The van der Waals surface area contributed by atoms with Crippen LogP contribution in [0.2, 0.25) is 0 Å². The summed E-state index contributed by atoms with van der Waals surface area (Å²) in [6.07, 6.45) is 10.6. The van der Waals surface area contributed by atoms with E-state index in [1.807, 2.05) is 24.3 Å². The summed E-state index contributed by atoms with van der Waals surface area (Å²) in [6.45, 7) is 4.86. The van der Waals surface area contributed by atoms with Crippen LogP contribution in [-0.2, 0) is 16.1 Å². The van der Waals surface area contributed by atoms with Crippen LogP contribution in [0.3, 0.4) is 0 Å². The molecular formula is C26H34N2O3. The van der Waals surface area contributed by atoms with Gasteiger partial charge in [-0.1, -0.05) is 25.5 Å². The van der Waals surface area contributed by atoms with Crippen LogP contribution in [-0.4, -0.2) is 27.4 Å². The number of rotatable bonds is 3. The number of nitrogens with zero attached hydrogens (tertiary/aromatic N) is 1. The number of aliphatic hydroxyl groups is 1. The Labute approximate surface area is 184 Å². The highest BCUT2D eigenvalue weighted by Crippen LogP contribution is 2.67. The lowest BCUT2D eigenvalue weighted by atomic mass is 9.46. The number of hydrogen-bond acceptors (Lipinski definition) is 4. The fraction of sp³-hybridized carbons (Fsp3) is 0.654. The Kier molecular flexibility index (Phi) is 4.89. The van der Waals surface area contributed by atoms with Gasteiger partial charge in [-0.25, -0.2) is 0 Å². The SMILES string of the molecule is C[C@]12CCC(=O)C=C1CC[C@@H]1[C@H]2CC[C@@]2(C)[C@H]1CCC2(O)C(=O)NCc1ccccn1. The standard InChI is InChI=1S/C26H34N2O3/c1-24-11-8-19(29)15-17(24)6-7-20-21(24)9-12-25(2)22(20)10-13-26(25,31)23(30)28-16-18-5-3-4-14-27-18/h3-5,14-15,20-22,31H,6-13,16H2,1-2H3,(H,28,30)/t20-,21-,22+,24+,25+,26?/m1/s1. The first-order valence-corrected chi connectivity index (χ1v) is 11.9. The minimum Gasteiger partial charge on any atom is -0.379 e. The van der Waals surface area contributed by atoms with Gasteiger partial charge in [-0.05, 0) is 86.3 Å². The maximum Gasteiger partial charge on any atom is 0.252 e. The third kappa shape index (κ3) is 3.03. The number of ketones is 1. The van der Waals surface area contributed by atoms with Crippen LogP contribution in [0, 0.1) is 28.6 Å². The van der Waals surface area contributed by atoms with Crippen LogP contribution in [0.25, 0.3) is 0 Å². The van der Waals surface area contributed by atoms with E-state index >= 15 is 0 Å². The van der Waals surface area contributed by atoms with Crippen molar-refractivity contribution in [3.8, 4) is 0 Å². The Hall–Kier alpha value is -2.01. The topological polar surface area (TPSA) is 79.3 Å². The van der Waals surface area contributed by atoms with Crippen molar-refractivity contribution in [2.45, 2.75) is 77.4 Å². The zero-order valence-corrected chi connectivity index (χ0v) is 18.7. The van der Waals surface area contributed by atoms with Crippen LogP contribution in [0.15, 0.2) is 36.0 Å². The number of amides is 1. The molecule has 0 radical (unpaired) electrons. The minimum atomic E-state index is -1.32. The molecule has 2 N–H and O–H groups in total. The first-order valence-electron chi connectivity index (χ1n) is 11.9. The van der Waals surface area contributed by atoms with Crippen LogP contribution in [0.4, 0.5) is 0 Å². The summed E-state index contributed by atoms with van der Waals surface area (Å²) < 4.78 is 0. The van der Waals surface area contributed by atoms with Crippen molar-refractivity contribution in [3.63, 3.8) is 0 Å². The fourth-order valence-electron chi connectivity index (χ4n) is 7.77. The molecule has 5 rings (SSSR count). The summed E-state index contributed by atoms with van der Waals surface area (Å²) in [4.78, 5) is 29.6. The van der Waals surface area contributed by atoms with Crippen LogP contribution < -0.4 is 5.32 Å². The molecule has 1 unspecified atom stereocenters. The molecule has 0 bridgehead atoms. The second-order valence-corrected chi connectivity index (χ2v) is 10.8. The predicted octanol–water partition coefficient (Wildman–Crippen LogP) is 3.96. The average molecular weight is 423 g/mol. The number of hydrogen-bond donors (Lipinski definition) is 2. The van der Waals surface area contributed by atoms with E-state index in [-0.39, 0.29) is 17.1 Å². The number of aromatic nitrogens is 1. The summed E-state index contributed by atoms with van der Waals surface area (Å²) >= 11 is 0. The van der Waals surface area contributed by atoms with Gasteiger partial charge in [0.25, 0.3) is 5.91 Å². The highest BCUT2D eigenvalue weighted by atomic mass is 16.3. The number of carbonyl (C=O) groups excluding carboxylic acids is 2. The lowest BCUT2D eigenvalue weighted by Crippen LogP contribution is -2.60. The predicted molar refractivity (Wildman–Crippen MR) is 118 cm³/mol. The van der Waals surface area contributed by atoms with Crippen molar-refractivity contribution in [1.82, 2.24) is 10.3 Å². The molecule has 1 aromatic rings. The highest BCUT2D eigenvalue weighted by molar-refractivity contribution is 5.91. The van der Waals surface area contributed by atoms with Crippen molar-refractivity contribution in [1.29, 1.82) is 0 Å². The van der Waals surface area contributed by atoms with Gasteiger partial charge in [-0.15, -0.1) is 0 Å². The molecule has 166 valence electrons. The van der Waals surface area contributed by atoms with E-state index in [9.17, 15) is 14.7 Å². The summed E-state index contributed by atoms with van der Waals surface area (Å²) in [5, 5.41) is 14.7. The molecular weight excluding hydrogens is 388 g/mol. The maximum atomic E-state index is 13.3. The van der Waals surface area contributed by atoms with Crippen LogP contribution >= 0.6 is 0 Å². The normalized spacial score (nSPS) is 41.6.